The Labute approximate surface area is 115 Å². The molecule has 1 aromatic rings. The Morgan fingerprint density at radius 3 is 2.72 bits per heavy atom. The van der Waals surface area contributed by atoms with Crippen LogP contribution in [0.15, 0.2) is 17.5 Å². The van der Waals surface area contributed by atoms with Gasteiger partial charge in [0.2, 0.25) is 0 Å². The normalized spacial score (nSPS) is 21.9. The summed E-state index contributed by atoms with van der Waals surface area (Å²) in [6.45, 7) is 8.35. The van der Waals surface area contributed by atoms with E-state index in [1.54, 1.807) is 0 Å². The molecule has 0 saturated carbocycles. The Hall–Kier alpha value is -0.380. The molecule has 0 aromatic carbocycles. The predicted octanol–water partition coefficient (Wildman–Crippen LogP) is 3.52. The lowest BCUT2D eigenvalue weighted by atomic mass is 9.80. The monoisotopic (exact) mass is 266 g/mol. The summed E-state index contributed by atoms with van der Waals surface area (Å²) in [5, 5.41) is 5.97. The van der Waals surface area contributed by atoms with Gasteiger partial charge in [-0.2, -0.15) is 0 Å². The molecule has 102 valence electrons. The van der Waals surface area contributed by atoms with E-state index >= 15 is 0 Å². The van der Waals surface area contributed by atoms with Crippen LogP contribution >= 0.6 is 11.3 Å². The highest BCUT2D eigenvalue weighted by atomic mass is 32.1. The first-order valence-corrected chi connectivity index (χ1v) is 7.96. The molecule has 1 atom stereocenters. The predicted molar refractivity (Wildman–Crippen MR) is 80.2 cm³/mol. The molecule has 1 unspecified atom stereocenters. The Bertz CT molecular complexity index is 339. The van der Waals surface area contributed by atoms with Gasteiger partial charge in [-0.3, -0.25) is 0 Å². The zero-order valence-corrected chi connectivity index (χ0v) is 12.7. The second-order valence-corrected chi connectivity index (χ2v) is 6.95. The molecule has 2 heterocycles. The van der Waals surface area contributed by atoms with Crippen molar-refractivity contribution in [1.82, 2.24) is 10.2 Å². The number of hydrogen-bond acceptors (Lipinski definition) is 3. The first kappa shape index (κ1) is 14.0. The number of rotatable bonds is 5. The fourth-order valence-corrected chi connectivity index (χ4v) is 3.53. The third kappa shape index (κ3) is 3.56. The van der Waals surface area contributed by atoms with Crippen molar-refractivity contribution in [1.29, 1.82) is 0 Å². The topological polar surface area (TPSA) is 15.3 Å². The molecule has 1 aliphatic rings. The summed E-state index contributed by atoms with van der Waals surface area (Å²) < 4.78 is 0. The summed E-state index contributed by atoms with van der Waals surface area (Å²) in [6, 6.07) is 4.95. The fourth-order valence-electron chi connectivity index (χ4n) is 2.64. The molecule has 1 fully saturated rings. The van der Waals surface area contributed by atoms with Crippen LogP contribution in [-0.2, 0) is 0 Å². The van der Waals surface area contributed by atoms with Crippen LogP contribution in [0.3, 0.4) is 0 Å². The van der Waals surface area contributed by atoms with E-state index in [1.807, 2.05) is 11.3 Å². The van der Waals surface area contributed by atoms with E-state index in [2.05, 4.69) is 48.6 Å². The lowest BCUT2D eigenvalue weighted by molar-refractivity contribution is 0.133. The molecule has 1 N–H and O–H groups in total. The molecule has 0 bridgehead atoms. The maximum Gasteiger partial charge on any atom is 0.0412 e. The average molecular weight is 266 g/mol. The van der Waals surface area contributed by atoms with Gasteiger partial charge in [0.1, 0.15) is 0 Å². The smallest absolute Gasteiger partial charge is 0.0412 e. The molecule has 0 aliphatic carbocycles. The van der Waals surface area contributed by atoms with E-state index in [1.165, 1.54) is 37.2 Å². The molecule has 2 rings (SSSR count). The zero-order valence-electron chi connectivity index (χ0n) is 11.9. The maximum absolute atomic E-state index is 3.79. The van der Waals surface area contributed by atoms with Crippen molar-refractivity contribution in [3.05, 3.63) is 22.4 Å². The first-order chi connectivity index (χ1) is 8.63. The van der Waals surface area contributed by atoms with Crippen LogP contribution in [-0.4, -0.2) is 31.6 Å². The molecule has 18 heavy (non-hydrogen) atoms. The molecule has 0 spiro atoms. The Kier molecular flexibility index (Phi) is 4.82. The SMILES string of the molecule is CCC(NCC1(C)CCN(C)CC1)c1cccs1. The number of likely N-dealkylation sites (tertiary alicyclic amines) is 1. The zero-order chi connectivity index (χ0) is 13.0. The molecule has 0 radical (unpaired) electrons. The van der Waals surface area contributed by atoms with E-state index < -0.39 is 0 Å². The van der Waals surface area contributed by atoms with Crippen LogP contribution in [0, 0.1) is 5.41 Å². The lowest BCUT2D eigenvalue weighted by Gasteiger charge is -2.39. The Balaban J connectivity index is 1.86. The number of piperidine rings is 1. The first-order valence-electron chi connectivity index (χ1n) is 7.08. The highest BCUT2D eigenvalue weighted by molar-refractivity contribution is 7.10. The van der Waals surface area contributed by atoms with E-state index in [4.69, 9.17) is 0 Å². The van der Waals surface area contributed by atoms with Crippen molar-refractivity contribution in [2.75, 3.05) is 26.7 Å². The third-order valence-electron chi connectivity index (χ3n) is 4.26. The van der Waals surface area contributed by atoms with Crippen molar-refractivity contribution in [3.63, 3.8) is 0 Å². The van der Waals surface area contributed by atoms with Gasteiger partial charge in [-0.15, -0.1) is 11.3 Å². The van der Waals surface area contributed by atoms with Crippen molar-refractivity contribution in [2.24, 2.45) is 5.41 Å². The highest BCUT2D eigenvalue weighted by Gasteiger charge is 2.29. The standard InChI is InChI=1S/C15H26N2S/c1-4-13(14-6-5-11-18-14)16-12-15(2)7-9-17(3)10-8-15/h5-6,11,13,16H,4,7-10,12H2,1-3H3. The van der Waals surface area contributed by atoms with Crippen molar-refractivity contribution < 1.29 is 0 Å². The minimum atomic E-state index is 0.483. The second kappa shape index (κ2) is 6.18. The van der Waals surface area contributed by atoms with Gasteiger partial charge in [0.15, 0.2) is 0 Å². The molecule has 1 saturated heterocycles. The largest absolute Gasteiger partial charge is 0.309 e. The minimum absolute atomic E-state index is 0.483. The molecule has 3 heteroatoms. The van der Waals surface area contributed by atoms with E-state index in [-0.39, 0.29) is 0 Å². The quantitative estimate of drug-likeness (QED) is 0.877. The van der Waals surface area contributed by atoms with Crippen LogP contribution in [0.1, 0.15) is 44.0 Å². The molecule has 2 nitrogen and oxygen atoms in total. The van der Waals surface area contributed by atoms with Crippen LogP contribution in [0.4, 0.5) is 0 Å². The van der Waals surface area contributed by atoms with Gasteiger partial charge in [0.25, 0.3) is 0 Å². The molecule has 1 aliphatic heterocycles. The Morgan fingerprint density at radius 1 is 1.44 bits per heavy atom. The Morgan fingerprint density at radius 2 is 2.17 bits per heavy atom. The molecule has 1 aromatic heterocycles. The summed E-state index contributed by atoms with van der Waals surface area (Å²) in [7, 11) is 2.23. The van der Waals surface area contributed by atoms with Crippen LogP contribution in [0.25, 0.3) is 0 Å². The van der Waals surface area contributed by atoms with Gasteiger partial charge in [0.05, 0.1) is 0 Å². The summed E-state index contributed by atoms with van der Waals surface area (Å²) in [6.07, 6.45) is 3.81. The minimum Gasteiger partial charge on any atom is -0.309 e. The van der Waals surface area contributed by atoms with E-state index in [9.17, 15) is 0 Å². The number of hydrogen-bond donors (Lipinski definition) is 1. The molecule has 0 amide bonds. The summed E-state index contributed by atoms with van der Waals surface area (Å²) in [4.78, 5) is 3.92. The maximum atomic E-state index is 3.79. The summed E-state index contributed by atoms with van der Waals surface area (Å²) in [5.74, 6) is 0. The second-order valence-electron chi connectivity index (χ2n) is 5.97. The fraction of sp³-hybridized carbons (Fsp3) is 0.733. The van der Waals surface area contributed by atoms with Gasteiger partial charge >= 0.3 is 0 Å². The van der Waals surface area contributed by atoms with Crippen molar-refractivity contribution in [2.45, 2.75) is 39.2 Å². The van der Waals surface area contributed by atoms with Crippen molar-refractivity contribution >= 4 is 11.3 Å². The van der Waals surface area contributed by atoms with Gasteiger partial charge in [-0.1, -0.05) is 19.9 Å². The summed E-state index contributed by atoms with van der Waals surface area (Å²) in [5.41, 5.74) is 0.483. The third-order valence-corrected chi connectivity index (χ3v) is 5.25. The van der Waals surface area contributed by atoms with Crippen LogP contribution in [0.5, 0.6) is 0 Å². The van der Waals surface area contributed by atoms with Gasteiger partial charge < -0.3 is 10.2 Å². The average Bonchev–Trinajstić information content (AvgIpc) is 2.88. The van der Waals surface area contributed by atoms with Crippen LogP contribution in [0.2, 0.25) is 0 Å². The summed E-state index contributed by atoms with van der Waals surface area (Å²) >= 11 is 1.87. The number of nitrogens with one attached hydrogen (secondary N) is 1. The molecular formula is C15H26N2S. The van der Waals surface area contributed by atoms with Gasteiger partial charge in [-0.05, 0) is 56.3 Å². The molecular weight excluding hydrogens is 240 g/mol. The van der Waals surface area contributed by atoms with Crippen molar-refractivity contribution in [3.8, 4) is 0 Å². The van der Waals surface area contributed by atoms with Crippen LogP contribution < -0.4 is 5.32 Å². The van der Waals surface area contributed by atoms with E-state index in [0.29, 0.717) is 11.5 Å². The van der Waals surface area contributed by atoms with Gasteiger partial charge in [0, 0.05) is 17.5 Å². The number of nitrogens with zero attached hydrogens (tertiary/aromatic N) is 1. The lowest BCUT2D eigenvalue weighted by Crippen LogP contribution is -2.42. The highest BCUT2D eigenvalue weighted by Crippen LogP contribution is 2.31. The van der Waals surface area contributed by atoms with E-state index in [0.717, 1.165) is 6.54 Å². The number of thiophene rings is 1. The van der Waals surface area contributed by atoms with Gasteiger partial charge in [-0.25, -0.2) is 0 Å².